The van der Waals surface area contributed by atoms with Crippen LogP contribution in [0.4, 0.5) is 0 Å². The van der Waals surface area contributed by atoms with E-state index < -0.39 is 0 Å². The molecule has 0 amide bonds. The van der Waals surface area contributed by atoms with Crippen molar-refractivity contribution in [2.24, 2.45) is 17.8 Å². The summed E-state index contributed by atoms with van der Waals surface area (Å²) >= 11 is 0. The fourth-order valence-corrected chi connectivity index (χ4v) is 8.26. The molecule has 0 spiro atoms. The number of benzene rings is 5. The predicted octanol–water partition coefficient (Wildman–Crippen LogP) is 9.79. The smallest absolute Gasteiger partial charge is 0.0622 e. The molecule has 9 rings (SSSR count). The van der Waals surface area contributed by atoms with Gasteiger partial charge in [-0.2, -0.15) is 0 Å². The van der Waals surface area contributed by atoms with E-state index in [4.69, 9.17) is 11.0 Å². The molecule has 4 bridgehead atoms. The Hall–Kier alpha value is -3.38. The Morgan fingerprint density at radius 1 is 0.528 bits per heavy atom. The third-order valence-corrected chi connectivity index (χ3v) is 9.26. The van der Waals surface area contributed by atoms with Crippen LogP contribution in [-0.2, 0) is 5.41 Å². The van der Waals surface area contributed by atoms with E-state index in [9.17, 15) is 0 Å². The minimum atomic E-state index is -0.372. The van der Waals surface area contributed by atoms with Crippen LogP contribution < -0.4 is 0 Å². The molecule has 0 unspecified atom stereocenters. The molecule has 36 heavy (non-hydrogen) atoms. The van der Waals surface area contributed by atoms with Crippen LogP contribution in [0.2, 0.25) is 0 Å². The van der Waals surface area contributed by atoms with Crippen molar-refractivity contribution in [3.63, 3.8) is 0 Å². The third-order valence-electron chi connectivity index (χ3n) is 9.26. The first-order valence-corrected chi connectivity index (χ1v) is 13.2. The van der Waals surface area contributed by atoms with Gasteiger partial charge in [-0.3, -0.25) is 0 Å². The molecule has 0 aliphatic heterocycles. The Labute approximate surface area is 225 Å². The average molecular weight is 473 g/mol. The van der Waals surface area contributed by atoms with E-state index in [0.29, 0.717) is 22.3 Å². The zero-order valence-electron chi connectivity index (χ0n) is 28.2. The van der Waals surface area contributed by atoms with Crippen molar-refractivity contribution in [3.05, 3.63) is 109 Å². The quantitative estimate of drug-likeness (QED) is 0.229. The molecular weight excluding hydrogens is 432 g/mol. The van der Waals surface area contributed by atoms with Crippen molar-refractivity contribution < 1.29 is 11.0 Å². The average Bonchev–Trinajstić information content (AvgIpc) is 3.03. The van der Waals surface area contributed by atoms with E-state index in [1.165, 1.54) is 44.1 Å². The number of hydrogen-bond acceptors (Lipinski definition) is 0. The molecule has 0 nitrogen and oxygen atoms in total. The summed E-state index contributed by atoms with van der Waals surface area (Å²) < 4.78 is 70.7. The molecule has 0 aromatic heterocycles. The van der Waals surface area contributed by atoms with Crippen molar-refractivity contribution in [2.45, 2.75) is 43.9 Å². The van der Waals surface area contributed by atoms with Gasteiger partial charge < -0.3 is 0 Å². The fraction of sp³-hybridized carbons (Fsp3) is 0.278. The first-order chi connectivity index (χ1) is 21.1. The maximum Gasteiger partial charge on any atom is 0.0629 e. The van der Waals surface area contributed by atoms with Crippen molar-refractivity contribution >= 4 is 21.5 Å². The topological polar surface area (TPSA) is 0 Å². The van der Waals surface area contributed by atoms with Gasteiger partial charge in [0.05, 0.1) is 11.0 Å². The highest BCUT2D eigenvalue weighted by Crippen LogP contribution is 2.60. The predicted molar refractivity (Wildman–Crippen MR) is 152 cm³/mol. The molecule has 0 saturated heterocycles. The second kappa shape index (κ2) is 7.81. The highest BCUT2D eigenvalue weighted by Gasteiger charge is 2.51. The lowest BCUT2D eigenvalue weighted by molar-refractivity contribution is -0.00518. The van der Waals surface area contributed by atoms with Gasteiger partial charge in [0.2, 0.25) is 0 Å². The Morgan fingerprint density at radius 2 is 0.944 bits per heavy atom. The van der Waals surface area contributed by atoms with Crippen LogP contribution in [-0.4, -0.2) is 0 Å². The van der Waals surface area contributed by atoms with Crippen LogP contribution >= 0.6 is 0 Å². The van der Waals surface area contributed by atoms with E-state index in [1.54, 1.807) is 0 Å². The van der Waals surface area contributed by atoms with Gasteiger partial charge in [0.1, 0.15) is 0 Å². The lowest BCUT2D eigenvalue weighted by Crippen LogP contribution is -2.48. The lowest BCUT2D eigenvalue weighted by Gasteiger charge is -2.57. The minimum Gasteiger partial charge on any atom is -0.0622 e. The standard InChI is InChI=1S/C36H32/c1-2-8-27(9-3-1)34-30-10-4-6-12-32(30)35(33-13-7-5-11-31(33)34)28-14-16-29(17-15-28)36-21-24-18-25(22-36)20-26(19-24)23-36/h1-17,24-26H,18-23H2/i4D,5D,6D,7D,10D,11D,12D,13D. The first-order valence-electron chi connectivity index (χ1n) is 17.2. The summed E-state index contributed by atoms with van der Waals surface area (Å²) in [4.78, 5) is 0. The molecular formula is C36H32. The van der Waals surface area contributed by atoms with E-state index in [-0.39, 0.29) is 75.3 Å². The van der Waals surface area contributed by atoms with E-state index in [1.807, 2.05) is 42.5 Å². The van der Waals surface area contributed by atoms with E-state index in [0.717, 1.165) is 17.8 Å². The summed E-state index contributed by atoms with van der Waals surface area (Å²) in [5.41, 5.74) is 3.62. The second-order valence-corrected chi connectivity index (χ2v) is 11.4. The second-order valence-electron chi connectivity index (χ2n) is 11.4. The Balaban J connectivity index is 1.48. The van der Waals surface area contributed by atoms with Crippen molar-refractivity contribution in [3.8, 4) is 22.3 Å². The lowest BCUT2D eigenvalue weighted by atomic mass is 9.48. The summed E-state index contributed by atoms with van der Waals surface area (Å²) in [5, 5.41) is 1.07. The van der Waals surface area contributed by atoms with Crippen molar-refractivity contribution in [2.75, 3.05) is 0 Å². The maximum atomic E-state index is 9.11. The molecule has 176 valence electrons. The summed E-state index contributed by atoms with van der Waals surface area (Å²) in [5.74, 6) is 2.39. The van der Waals surface area contributed by atoms with Gasteiger partial charge >= 0.3 is 0 Å². The molecule has 5 aromatic carbocycles. The molecule has 0 atom stereocenters. The van der Waals surface area contributed by atoms with E-state index >= 15 is 0 Å². The van der Waals surface area contributed by atoms with Gasteiger partial charge in [-0.15, -0.1) is 0 Å². The van der Waals surface area contributed by atoms with Gasteiger partial charge in [-0.05, 0) is 111 Å². The van der Waals surface area contributed by atoms with Crippen molar-refractivity contribution in [1.29, 1.82) is 0 Å². The highest BCUT2D eigenvalue weighted by molar-refractivity contribution is 6.21. The number of rotatable bonds is 3. The minimum absolute atomic E-state index is 0.182. The van der Waals surface area contributed by atoms with Gasteiger partial charge in [-0.25, -0.2) is 0 Å². The summed E-state index contributed by atoms with van der Waals surface area (Å²) in [6.07, 6.45) is 7.72. The molecule has 4 aliphatic rings. The highest BCUT2D eigenvalue weighted by atomic mass is 14.6. The van der Waals surface area contributed by atoms with Crippen LogP contribution in [0.25, 0.3) is 43.8 Å². The van der Waals surface area contributed by atoms with Crippen LogP contribution in [0.5, 0.6) is 0 Å². The van der Waals surface area contributed by atoms with Gasteiger partial charge in [-0.1, -0.05) is 103 Å². The summed E-state index contributed by atoms with van der Waals surface area (Å²) in [6.45, 7) is 0. The van der Waals surface area contributed by atoms with Crippen molar-refractivity contribution in [1.82, 2.24) is 0 Å². The van der Waals surface area contributed by atoms with Crippen LogP contribution in [0.3, 0.4) is 0 Å². The molecule has 4 fully saturated rings. The summed E-state index contributed by atoms with van der Waals surface area (Å²) in [6, 6.07) is 15.1. The zero-order chi connectivity index (χ0) is 30.7. The monoisotopic (exact) mass is 472 g/mol. The molecule has 5 aromatic rings. The molecule has 4 aliphatic carbocycles. The molecule has 0 heteroatoms. The van der Waals surface area contributed by atoms with Crippen LogP contribution in [0.1, 0.15) is 55.1 Å². The largest absolute Gasteiger partial charge is 0.0629 e. The number of hydrogen-bond donors (Lipinski definition) is 0. The van der Waals surface area contributed by atoms with Gasteiger partial charge in [0.15, 0.2) is 0 Å². The van der Waals surface area contributed by atoms with Crippen LogP contribution in [0.15, 0.2) is 103 Å². The number of fused-ring (bicyclic) bond motifs is 2. The van der Waals surface area contributed by atoms with Crippen LogP contribution in [0, 0.1) is 17.8 Å². The Kier molecular flexibility index (Phi) is 3.12. The molecule has 0 N–H and O–H groups in total. The zero-order valence-corrected chi connectivity index (χ0v) is 20.2. The molecule has 0 radical (unpaired) electrons. The Bertz CT molecular complexity index is 1900. The SMILES string of the molecule is [2H]c1c([2H])c([2H])c2c(-c3ccc(C45CC6CC(CC(C6)C4)C5)cc3)c3c([2H])c([2H])c([2H])c([2H])c3c(-c3ccccc3)c2c1[2H]. The Morgan fingerprint density at radius 3 is 1.39 bits per heavy atom. The summed E-state index contributed by atoms with van der Waals surface area (Å²) in [7, 11) is 0. The third kappa shape index (κ3) is 3.07. The first kappa shape index (κ1) is 14.4. The molecule has 0 heterocycles. The fourth-order valence-electron chi connectivity index (χ4n) is 8.26. The van der Waals surface area contributed by atoms with E-state index in [2.05, 4.69) is 12.1 Å². The molecule has 4 saturated carbocycles. The maximum absolute atomic E-state index is 9.11. The van der Waals surface area contributed by atoms with Gasteiger partial charge in [0, 0.05) is 0 Å². The van der Waals surface area contributed by atoms with Gasteiger partial charge in [0.25, 0.3) is 0 Å². The normalized spacial score (nSPS) is 29.7.